The van der Waals surface area contributed by atoms with Gasteiger partial charge in [0.1, 0.15) is 10.9 Å². The van der Waals surface area contributed by atoms with Gasteiger partial charge in [-0.3, -0.25) is 4.79 Å². The van der Waals surface area contributed by atoms with Gasteiger partial charge in [0.25, 0.3) is 6.43 Å². The minimum Gasteiger partial charge on any atom is -0.333 e. The number of allylic oxidation sites excluding steroid dienone is 1. The molecule has 1 unspecified atom stereocenters. The Hall–Kier alpha value is -3.23. The molecule has 190 valence electrons. The molecule has 1 aromatic heterocycles. The number of hydrogen-bond donors (Lipinski definition) is 0. The maximum atomic E-state index is 14.2. The lowest BCUT2D eigenvalue weighted by atomic mass is 9.82. The second-order valence-corrected chi connectivity index (χ2v) is 9.65. The predicted octanol–water partition coefficient (Wildman–Crippen LogP) is 5.37. The van der Waals surface area contributed by atoms with Crippen LogP contribution in [-0.4, -0.2) is 59.6 Å². The minimum atomic E-state index is -4.53. The van der Waals surface area contributed by atoms with Crippen LogP contribution in [0.25, 0.3) is 5.57 Å². The lowest BCUT2D eigenvalue weighted by Crippen LogP contribution is -2.46. The lowest BCUT2D eigenvalue weighted by Gasteiger charge is -2.34. The maximum Gasteiger partial charge on any atom is 0.409 e. The molecule has 0 saturated carbocycles. The molecule has 3 heterocycles. The molecule has 1 amide bonds. The number of nitrogens with zero attached hydrogens (tertiary/aromatic N) is 4. The van der Waals surface area contributed by atoms with E-state index >= 15 is 0 Å². The molecule has 4 rings (SSSR count). The molecule has 0 fully saturated rings. The topological polar surface area (TPSA) is 50.6 Å². The first-order valence-corrected chi connectivity index (χ1v) is 12.0. The van der Waals surface area contributed by atoms with Crippen LogP contribution in [0.4, 0.5) is 22.0 Å². The number of alkyl halides is 5. The smallest absolute Gasteiger partial charge is 0.333 e. The summed E-state index contributed by atoms with van der Waals surface area (Å²) in [5.74, 6) is -1.16. The molecular weight excluding hydrogens is 499 g/mol. The van der Waals surface area contributed by atoms with Gasteiger partial charge in [-0.15, -0.1) is 11.3 Å². The number of hydrogen-bond acceptors (Lipinski definition) is 5. The summed E-state index contributed by atoms with van der Waals surface area (Å²) in [6.07, 6.45) is -4.52. The molecule has 0 aliphatic carbocycles. The number of carbonyl (C=O) groups is 1. The van der Waals surface area contributed by atoms with E-state index in [1.807, 2.05) is 0 Å². The van der Waals surface area contributed by atoms with E-state index in [9.17, 15) is 32.0 Å². The van der Waals surface area contributed by atoms with Crippen molar-refractivity contribution < 1.29 is 26.7 Å². The number of hydrazine groups is 1. The molecule has 11 heteroatoms. The third-order valence-corrected chi connectivity index (χ3v) is 7.44. The summed E-state index contributed by atoms with van der Waals surface area (Å²) < 4.78 is 67.8. The molecule has 0 saturated heterocycles. The quantitative estimate of drug-likeness (QED) is 0.392. The van der Waals surface area contributed by atoms with Crippen LogP contribution in [0.2, 0.25) is 0 Å². The standard InChI is InChI=1S/C25H23F5N4OS/c1-3-34-13-20(24(32(34)2)25(28,29)30)17-7-5-4-6-16(17)19-12-33(23(35)9-8-22(26)27)14-21-18(19)10-15(11-31)36-21/h4-10,13,19,22,24H,3,12,14H2,1-2H3/b9-8+/t19-,24?/m0/s1. The molecule has 0 radical (unpaired) electrons. The summed E-state index contributed by atoms with van der Waals surface area (Å²) in [6.45, 7) is 2.31. The first-order chi connectivity index (χ1) is 17.0. The summed E-state index contributed by atoms with van der Waals surface area (Å²) in [6, 6.07) is 8.65. The average molecular weight is 523 g/mol. The highest BCUT2D eigenvalue weighted by molar-refractivity contribution is 7.12. The summed E-state index contributed by atoms with van der Waals surface area (Å²) >= 11 is 1.19. The van der Waals surface area contributed by atoms with Crippen LogP contribution in [0.5, 0.6) is 0 Å². The lowest BCUT2D eigenvalue weighted by molar-refractivity contribution is -0.183. The summed E-state index contributed by atoms with van der Waals surface area (Å²) in [5, 5.41) is 12.1. The van der Waals surface area contributed by atoms with E-state index in [-0.39, 0.29) is 18.7 Å². The van der Waals surface area contributed by atoms with Gasteiger partial charge < -0.3 is 9.91 Å². The number of rotatable bonds is 5. The highest BCUT2D eigenvalue weighted by Crippen LogP contribution is 2.45. The average Bonchev–Trinajstić information content (AvgIpc) is 3.42. The van der Waals surface area contributed by atoms with Gasteiger partial charge in [0.05, 0.1) is 6.54 Å². The summed E-state index contributed by atoms with van der Waals surface area (Å²) in [7, 11) is 1.39. The third-order valence-electron chi connectivity index (χ3n) is 6.40. The van der Waals surface area contributed by atoms with Crippen molar-refractivity contribution in [1.82, 2.24) is 14.9 Å². The molecule has 0 N–H and O–H groups in total. The highest BCUT2D eigenvalue weighted by Gasteiger charge is 2.50. The third kappa shape index (κ3) is 4.88. The zero-order valence-electron chi connectivity index (χ0n) is 19.5. The molecule has 1 aromatic carbocycles. The van der Waals surface area contributed by atoms with E-state index in [0.29, 0.717) is 33.5 Å². The van der Waals surface area contributed by atoms with Gasteiger partial charge in [-0.05, 0) is 35.8 Å². The van der Waals surface area contributed by atoms with E-state index in [1.54, 1.807) is 37.3 Å². The van der Waals surface area contributed by atoms with E-state index < -0.39 is 30.5 Å². The van der Waals surface area contributed by atoms with Crippen molar-refractivity contribution in [2.45, 2.75) is 38.0 Å². The van der Waals surface area contributed by atoms with Crippen molar-refractivity contribution in [2.75, 3.05) is 20.1 Å². The first kappa shape index (κ1) is 25.9. The molecule has 0 spiro atoms. The van der Waals surface area contributed by atoms with Gasteiger partial charge in [0.15, 0.2) is 6.04 Å². The van der Waals surface area contributed by atoms with E-state index in [0.717, 1.165) is 16.6 Å². The van der Waals surface area contributed by atoms with Crippen LogP contribution < -0.4 is 0 Å². The van der Waals surface area contributed by atoms with E-state index in [4.69, 9.17) is 0 Å². The Bertz CT molecular complexity index is 1250. The van der Waals surface area contributed by atoms with Crippen LogP contribution in [0.1, 0.15) is 39.3 Å². The van der Waals surface area contributed by atoms with Crippen molar-refractivity contribution in [3.05, 3.63) is 75.1 Å². The SMILES string of the molecule is CCN1C=C(c2ccccc2[C@@H]2CN(C(=O)/C=C/C(F)F)Cc3sc(C#N)cc32)C(C(F)(F)F)N1C. The fourth-order valence-electron chi connectivity index (χ4n) is 4.82. The zero-order valence-corrected chi connectivity index (χ0v) is 20.3. The normalized spacial score (nSPS) is 20.7. The Morgan fingerprint density at radius 2 is 2.00 bits per heavy atom. The van der Waals surface area contributed by atoms with Crippen LogP contribution in [-0.2, 0) is 11.3 Å². The van der Waals surface area contributed by atoms with Crippen LogP contribution in [0.15, 0.2) is 48.7 Å². The number of likely N-dealkylation sites (N-methyl/N-ethyl adjacent to an activating group) is 1. The Morgan fingerprint density at radius 1 is 1.28 bits per heavy atom. The molecule has 2 aliphatic heterocycles. The second kappa shape index (κ2) is 10.0. The Balaban J connectivity index is 1.82. The maximum absolute atomic E-state index is 14.2. The van der Waals surface area contributed by atoms with E-state index in [2.05, 4.69) is 6.07 Å². The monoisotopic (exact) mass is 522 g/mol. The van der Waals surface area contributed by atoms with Gasteiger partial charge in [-0.1, -0.05) is 24.3 Å². The number of halogens is 5. The number of carbonyl (C=O) groups excluding carboxylic acids is 1. The van der Waals surface area contributed by atoms with Gasteiger partial charge in [-0.2, -0.15) is 18.4 Å². The molecule has 5 nitrogen and oxygen atoms in total. The highest BCUT2D eigenvalue weighted by atomic mass is 32.1. The Labute approximate surface area is 209 Å². The first-order valence-electron chi connectivity index (χ1n) is 11.2. The van der Waals surface area contributed by atoms with Crippen molar-refractivity contribution >= 4 is 22.8 Å². The number of benzene rings is 1. The molecule has 2 aromatic rings. The van der Waals surface area contributed by atoms with Gasteiger partial charge in [0.2, 0.25) is 5.91 Å². The van der Waals surface area contributed by atoms with Gasteiger partial charge in [0, 0.05) is 48.8 Å². The number of nitriles is 1. The molecule has 36 heavy (non-hydrogen) atoms. The number of amides is 1. The largest absolute Gasteiger partial charge is 0.409 e. The Morgan fingerprint density at radius 3 is 2.64 bits per heavy atom. The second-order valence-electron chi connectivity index (χ2n) is 8.51. The van der Waals surface area contributed by atoms with E-state index in [1.165, 1.54) is 34.5 Å². The molecule has 0 bridgehead atoms. The van der Waals surface area contributed by atoms with Crippen LogP contribution >= 0.6 is 11.3 Å². The van der Waals surface area contributed by atoms with Crippen molar-refractivity contribution in [1.29, 1.82) is 5.26 Å². The van der Waals surface area contributed by atoms with Crippen molar-refractivity contribution in [2.24, 2.45) is 0 Å². The Kier molecular flexibility index (Phi) is 7.20. The molecular formula is C25H23F5N4OS. The fourth-order valence-corrected chi connectivity index (χ4v) is 5.86. The molecule has 2 aliphatic rings. The van der Waals surface area contributed by atoms with Gasteiger partial charge in [-0.25, -0.2) is 13.8 Å². The zero-order chi connectivity index (χ0) is 26.2. The summed E-state index contributed by atoms with van der Waals surface area (Å²) in [5.41, 5.74) is 1.80. The van der Waals surface area contributed by atoms with Crippen molar-refractivity contribution in [3.8, 4) is 6.07 Å². The van der Waals surface area contributed by atoms with Crippen LogP contribution in [0, 0.1) is 11.3 Å². The summed E-state index contributed by atoms with van der Waals surface area (Å²) in [4.78, 5) is 15.2. The molecule has 2 atom stereocenters. The number of thiophene rings is 1. The van der Waals surface area contributed by atoms with Crippen molar-refractivity contribution in [3.63, 3.8) is 0 Å². The predicted molar refractivity (Wildman–Crippen MR) is 126 cm³/mol. The fraction of sp³-hybridized carbons (Fsp3) is 0.360. The van der Waals surface area contributed by atoms with Gasteiger partial charge >= 0.3 is 6.18 Å². The number of fused-ring (bicyclic) bond motifs is 1. The van der Waals surface area contributed by atoms with Crippen LogP contribution in [0.3, 0.4) is 0 Å². The minimum absolute atomic E-state index is 0.0787.